The largest absolute Gasteiger partial charge is 0.343 e. The highest BCUT2D eigenvalue weighted by atomic mass is 19.1. The molecule has 4 nitrogen and oxygen atoms in total. The minimum Gasteiger partial charge on any atom is -0.343 e. The van der Waals surface area contributed by atoms with Crippen LogP contribution in [-0.4, -0.2) is 29.8 Å². The molecule has 2 heterocycles. The number of halogens is 1. The summed E-state index contributed by atoms with van der Waals surface area (Å²) in [4.78, 5) is 25.3. The van der Waals surface area contributed by atoms with Crippen LogP contribution in [0.2, 0.25) is 0 Å². The van der Waals surface area contributed by atoms with E-state index in [2.05, 4.69) is 5.32 Å². The lowest BCUT2D eigenvalue weighted by Gasteiger charge is -2.37. The van der Waals surface area contributed by atoms with Gasteiger partial charge in [-0.2, -0.15) is 0 Å². The van der Waals surface area contributed by atoms with Crippen LogP contribution < -0.4 is 5.32 Å². The number of nitrogens with zero attached hydrogens (tertiary/aromatic N) is 1. The smallest absolute Gasteiger partial charge is 0.235 e. The SMILES string of the molecule is CC(=O)N1CCC2(CC1)C(=O)Nc1c(F)cccc12. The zero-order valence-corrected chi connectivity index (χ0v) is 10.7. The van der Waals surface area contributed by atoms with Crippen LogP contribution in [0.25, 0.3) is 0 Å². The highest BCUT2D eigenvalue weighted by molar-refractivity contribution is 6.06. The Labute approximate surface area is 110 Å². The van der Waals surface area contributed by atoms with Crippen LogP contribution in [0.1, 0.15) is 25.3 Å². The summed E-state index contributed by atoms with van der Waals surface area (Å²) in [6.45, 7) is 2.61. The number of amides is 2. The van der Waals surface area contributed by atoms with E-state index in [-0.39, 0.29) is 11.8 Å². The summed E-state index contributed by atoms with van der Waals surface area (Å²) in [5.41, 5.74) is 0.383. The van der Waals surface area contributed by atoms with E-state index in [9.17, 15) is 14.0 Å². The first-order chi connectivity index (χ1) is 9.04. The Morgan fingerprint density at radius 2 is 2.05 bits per heavy atom. The van der Waals surface area contributed by atoms with Crippen LogP contribution in [0.5, 0.6) is 0 Å². The molecule has 1 saturated heterocycles. The first kappa shape index (κ1) is 12.1. The quantitative estimate of drug-likeness (QED) is 0.773. The molecular formula is C14H15FN2O2. The zero-order valence-electron chi connectivity index (χ0n) is 10.7. The topological polar surface area (TPSA) is 49.4 Å². The minimum absolute atomic E-state index is 0.0210. The van der Waals surface area contributed by atoms with Crippen molar-refractivity contribution in [3.05, 3.63) is 29.6 Å². The third kappa shape index (κ3) is 1.64. The summed E-state index contributed by atoms with van der Waals surface area (Å²) in [6, 6.07) is 4.79. The number of anilines is 1. The van der Waals surface area contributed by atoms with Gasteiger partial charge < -0.3 is 10.2 Å². The van der Waals surface area contributed by atoms with Crippen molar-refractivity contribution in [1.29, 1.82) is 0 Å². The first-order valence-electron chi connectivity index (χ1n) is 6.40. The highest BCUT2D eigenvalue weighted by Gasteiger charge is 2.49. The fourth-order valence-corrected chi connectivity index (χ4v) is 3.11. The lowest BCUT2D eigenvalue weighted by Crippen LogP contribution is -2.47. The van der Waals surface area contributed by atoms with Gasteiger partial charge in [-0.3, -0.25) is 9.59 Å². The van der Waals surface area contributed by atoms with E-state index >= 15 is 0 Å². The minimum atomic E-state index is -0.663. The van der Waals surface area contributed by atoms with E-state index in [4.69, 9.17) is 0 Å². The molecule has 2 aliphatic heterocycles. The fourth-order valence-electron chi connectivity index (χ4n) is 3.11. The number of piperidine rings is 1. The number of rotatable bonds is 0. The summed E-state index contributed by atoms with van der Waals surface area (Å²) in [6.07, 6.45) is 1.10. The molecule has 0 radical (unpaired) electrons. The molecular weight excluding hydrogens is 247 g/mol. The molecule has 1 aromatic rings. The standard InChI is InChI=1S/C14H15FN2O2/c1-9(18)17-7-5-14(6-8-17)10-3-2-4-11(15)12(10)16-13(14)19/h2-4H,5-8H2,1H3,(H,16,19). The molecule has 0 atom stereocenters. The Morgan fingerprint density at radius 1 is 1.37 bits per heavy atom. The van der Waals surface area contributed by atoms with E-state index in [1.54, 1.807) is 17.0 Å². The number of benzene rings is 1. The second-order valence-corrected chi connectivity index (χ2v) is 5.20. The van der Waals surface area contributed by atoms with Gasteiger partial charge in [0.25, 0.3) is 0 Å². The van der Waals surface area contributed by atoms with Gasteiger partial charge in [0.2, 0.25) is 11.8 Å². The molecule has 2 amide bonds. The van der Waals surface area contributed by atoms with Crippen molar-refractivity contribution in [3.8, 4) is 0 Å². The van der Waals surface area contributed by atoms with Crippen LogP contribution in [0.3, 0.4) is 0 Å². The zero-order chi connectivity index (χ0) is 13.6. The number of nitrogens with one attached hydrogen (secondary N) is 1. The predicted octanol–water partition coefficient (Wildman–Crippen LogP) is 1.66. The van der Waals surface area contributed by atoms with Gasteiger partial charge in [-0.15, -0.1) is 0 Å². The molecule has 0 aliphatic carbocycles. The van der Waals surface area contributed by atoms with Crippen LogP contribution in [-0.2, 0) is 15.0 Å². The fraction of sp³-hybridized carbons (Fsp3) is 0.429. The van der Waals surface area contributed by atoms with Gasteiger partial charge in [0.15, 0.2) is 0 Å². The first-order valence-corrected chi connectivity index (χ1v) is 6.40. The molecule has 1 spiro atoms. The molecule has 0 bridgehead atoms. The van der Waals surface area contributed by atoms with Crippen LogP contribution in [0.15, 0.2) is 18.2 Å². The number of hydrogen-bond donors (Lipinski definition) is 1. The van der Waals surface area contributed by atoms with Gasteiger partial charge in [0.1, 0.15) is 5.82 Å². The van der Waals surface area contributed by atoms with Crippen molar-refractivity contribution in [2.24, 2.45) is 0 Å². The Kier molecular flexibility index (Phi) is 2.59. The second-order valence-electron chi connectivity index (χ2n) is 5.20. The average molecular weight is 262 g/mol. The molecule has 2 aliphatic rings. The van der Waals surface area contributed by atoms with Crippen molar-refractivity contribution in [2.75, 3.05) is 18.4 Å². The molecule has 0 aromatic heterocycles. The summed E-state index contributed by atoms with van der Waals surface area (Å²) in [7, 11) is 0. The predicted molar refractivity (Wildman–Crippen MR) is 68.2 cm³/mol. The van der Waals surface area contributed by atoms with E-state index in [1.165, 1.54) is 13.0 Å². The Morgan fingerprint density at radius 3 is 2.68 bits per heavy atom. The van der Waals surface area contributed by atoms with Crippen molar-refractivity contribution < 1.29 is 14.0 Å². The van der Waals surface area contributed by atoms with Crippen LogP contribution in [0.4, 0.5) is 10.1 Å². The van der Waals surface area contributed by atoms with Crippen molar-refractivity contribution in [3.63, 3.8) is 0 Å². The number of carbonyl (C=O) groups excluding carboxylic acids is 2. The molecule has 3 rings (SSSR count). The van der Waals surface area contributed by atoms with E-state index in [0.717, 1.165) is 5.56 Å². The van der Waals surface area contributed by atoms with Crippen LogP contribution in [0, 0.1) is 5.82 Å². The molecule has 100 valence electrons. The summed E-state index contributed by atoms with van der Waals surface area (Å²) in [5.74, 6) is -0.514. The van der Waals surface area contributed by atoms with E-state index < -0.39 is 11.2 Å². The number of para-hydroxylation sites is 1. The lowest BCUT2D eigenvalue weighted by atomic mass is 9.73. The Hall–Kier alpha value is -1.91. The molecule has 1 aromatic carbocycles. The highest BCUT2D eigenvalue weighted by Crippen LogP contribution is 2.45. The van der Waals surface area contributed by atoms with Gasteiger partial charge in [0, 0.05) is 20.0 Å². The van der Waals surface area contributed by atoms with Crippen molar-refractivity contribution in [2.45, 2.75) is 25.2 Å². The third-order valence-corrected chi connectivity index (χ3v) is 4.26. The number of carbonyl (C=O) groups is 2. The lowest BCUT2D eigenvalue weighted by molar-refractivity contribution is -0.133. The van der Waals surface area contributed by atoms with Gasteiger partial charge in [-0.1, -0.05) is 12.1 Å². The maximum Gasteiger partial charge on any atom is 0.235 e. The maximum absolute atomic E-state index is 13.7. The number of likely N-dealkylation sites (tertiary alicyclic amines) is 1. The molecule has 19 heavy (non-hydrogen) atoms. The summed E-state index contributed by atoms with van der Waals surface area (Å²) in [5, 5.41) is 2.65. The van der Waals surface area contributed by atoms with Gasteiger partial charge in [0.05, 0.1) is 11.1 Å². The summed E-state index contributed by atoms with van der Waals surface area (Å²) < 4.78 is 13.7. The third-order valence-electron chi connectivity index (χ3n) is 4.26. The molecule has 5 heteroatoms. The van der Waals surface area contributed by atoms with Crippen molar-refractivity contribution in [1.82, 2.24) is 4.90 Å². The monoisotopic (exact) mass is 262 g/mol. The second kappa shape index (κ2) is 4.05. The van der Waals surface area contributed by atoms with Gasteiger partial charge >= 0.3 is 0 Å². The molecule has 0 saturated carbocycles. The normalized spacial score (nSPS) is 20.3. The van der Waals surface area contributed by atoms with Gasteiger partial charge in [-0.05, 0) is 24.5 Å². The maximum atomic E-state index is 13.7. The number of hydrogen-bond acceptors (Lipinski definition) is 2. The molecule has 1 N–H and O–H groups in total. The Bertz CT molecular complexity index is 563. The van der Waals surface area contributed by atoms with E-state index in [1.807, 2.05) is 0 Å². The molecule has 0 unspecified atom stereocenters. The Balaban J connectivity index is 1.97. The average Bonchev–Trinajstić information content (AvgIpc) is 2.66. The van der Waals surface area contributed by atoms with E-state index in [0.29, 0.717) is 31.6 Å². The number of fused-ring (bicyclic) bond motifs is 2. The summed E-state index contributed by atoms with van der Waals surface area (Å²) >= 11 is 0. The van der Waals surface area contributed by atoms with Crippen molar-refractivity contribution >= 4 is 17.5 Å². The van der Waals surface area contributed by atoms with Gasteiger partial charge in [-0.25, -0.2) is 4.39 Å². The van der Waals surface area contributed by atoms with Crippen LogP contribution >= 0.6 is 0 Å². The molecule has 1 fully saturated rings.